The molecule has 0 heterocycles. The van der Waals surface area contributed by atoms with Crippen LogP contribution in [0, 0.1) is 17.2 Å². The van der Waals surface area contributed by atoms with Crippen molar-refractivity contribution >= 4 is 5.91 Å². The van der Waals surface area contributed by atoms with Crippen LogP contribution >= 0.6 is 0 Å². The van der Waals surface area contributed by atoms with Crippen molar-refractivity contribution in [3.63, 3.8) is 0 Å². The van der Waals surface area contributed by atoms with E-state index >= 15 is 0 Å². The number of hydrogen-bond donors (Lipinski definition) is 2. The Morgan fingerprint density at radius 2 is 2.13 bits per heavy atom. The van der Waals surface area contributed by atoms with Crippen LogP contribution in [-0.2, 0) is 4.79 Å². The summed E-state index contributed by atoms with van der Waals surface area (Å²) >= 11 is 0. The fourth-order valence-corrected chi connectivity index (χ4v) is 2.09. The molecule has 0 aliphatic heterocycles. The molecule has 1 amide bonds. The molecule has 0 aromatic rings. The van der Waals surface area contributed by atoms with E-state index in [1.54, 1.807) is 0 Å². The molecule has 0 saturated heterocycles. The first kappa shape index (κ1) is 12.0. The third kappa shape index (κ3) is 4.30. The van der Waals surface area contributed by atoms with Crippen LogP contribution in [-0.4, -0.2) is 23.7 Å². The first-order chi connectivity index (χ1) is 7.24. The van der Waals surface area contributed by atoms with Gasteiger partial charge in [0, 0.05) is 0 Å². The maximum atomic E-state index is 11.3. The molecule has 0 spiro atoms. The summed E-state index contributed by atoms with van der Waals surface area (Å²) in [6.45, 7) is -0.0272. The van der Waals surface area contributed by atoms with E-state index in [9.17, 15) is 9.90 Å². The molecule has 1 unspecified atom stereocenters. The first-order valence-electron chi connectivity index (χ1n) is 5.56. The Kier molecular flexibility index (Phi) is 5.13. The summed E-state index contributed by atoms with van der Waals surface area (Å²) in [5.74, 6) is 0.0590. The van der Waals surface area contributed by atoms with Crippen LogP contribution in [0.3, 0.4) is 0 Å². The van der Waals surface area contributed by atoms with Gasteiger partial charge in [-0.2, -0.15) is 5.26 Å². The number of rotatable bonds is 4. The van der Waals surface area contributed by atoms with Crippen LogP contribution in [0.5, 0.6) is 0 Å². The molecule has 1 saturated carbocycles. The van der Waals surface area contributed by atoms with E-state index in [0.29, 0.717) is 12.3 Å². The van der Waals surface area contributed by atoms with Crippen molar-refractivity contribution in [1.82, 2.24) is 5.32 Å². The molecule has 4 heteroatoms. The number of carbonyl (C=O) groups excluding carboxylic acids is 1. The molecule has 1 atom stereocenters. The third-order valence-corrected chi connectivity index (χ3v) is 2.93. The van der Waals surface area contributed by atoms with Crippen molar-refractivity contribution in [3.8, 4) is 6.07 Å². The van der Waals surface area contributed by atoms with Crippen LogP contribution in [0.1, 0.15) is 38.5 Å². The lowest BCUT2D eigenvalue weighted by atomic mass is 9.85. The summed E-state index contributed by atoms with van der Waals surface area (Å²) < 4.78 is 0. The van der Waals surface area contributed by atoms with Crippen LogP contribution in [0.15, 0.2) is 0 Å². The molecule has 1 aliphatic carbocycles. The maximum absolute atomic E-state index is 11.3. The highest BCUT2D eigenvalue weighted by molar-refractivity contribution is 5.80. The average molecular weight is 210 g/mol. The lowest BCUT2D eigenvalue weighted by Crippen LogP contribution is -2.36. The normalized spacial score (nSPS) is 19.2. The standard InChI is InChI=1S/C11H18N2O2/c12-6-7-13-11(15)10(14)8-9-4-2-1-3-5-9/h9-10,14H,1-5,7-8H2,(H,13,15). The zero-order chi connectivity index (χ0) is 11.1. The van der Waals surface area contributed by atoms with Gasteiger partial charge in [-0.25, -0.2) is 0 Å². The summed E-state index contributed by atoms with van der Waals surface area (Å²) in [6, 6.07) is 1.81. The highest BCUT2D eigenvalue weighted by Crippen LogP contribution is 2.27. The second kappa shape index (κ2) is 6.41. The van der Waals surface area contributed by atoms with E-state index in [4.69, 9.17) is 5.26 Å². The molecule has 0 aromatic carbocycles. The van der Waals surface area contributed by atoms with Gasteiger partial charge in [-0.1, -0.05) is 32.1 Å². The van der Waals surface area contributed by atoms with Crippen LogP contribution in [0.4, 0.5) is 0 Å². The topological polar surface area (TPSA) is 73.1 Å². The number of nitriles is 1. The van der Waals surface area contributed by atoms with Crippen LogP contribution < -0.4 is 5.32 Å². The number of nitrogens with zero attached hydrogens (tertiary/aromatic N) is 1. The minimum atomic E-state index is -0.943. The number of amides is 1. The summed E-state index contributed by atoms with van der Waals surface area (Å²) in [6.07, 6.45) is 5.51. The quantitative estimate of drug-likeness (QED) is 0.679. The highest BCUT2D eigenvalue weighted by atomic mass is 16.3. The van der Waals surface area contributed by atoms with Crippen molar-refractivity contribution in [2.45, 2.75) is 44.6 Å². The van der Waals surface area contributed by atoms with Gasteiger partial charge in [0.2, 0.25) is 5.91 Å². The van der Waals surface area contributed by atoms with Gasteiger partial charge in [-0.3, -0.25) is 4.79 Å². The summed E-state index contributed by atoms with van der Waals surface area (Å²) in [7, 11) is 0. The van der Waals surface area contributed by atoms with E-state index in [1.165, 1.54) is 19.3 Å². The smallest absolute Gasteiger partial charge is 0.249 e. The van der Waals surface area contributed by atoms with Gasteiger partial charge >= 0.3 is 0 Å². The van der Waals surface area contributed by atoms with E-state index in [-0.39, 0.29) is 6.54 Å². The van der Waals surface area contributed by atoms with E-state index in [2.05, 4.69) is 5.32 Å². The second-order valence-corrected chi connectivity index (χ2v) is 4.13. The Hall–Kier alpha value is -1.08. The number of carbonyl (C=O) groups is 1. The van der Waals surface area contributed by atoms with Gasteiger partial charge in [0.15, 0.2) is 0 Å². The van der Waals surface area contributed by atoms with Crippen molar-refractivity contribution in [2.75, 3.05) is 6.54 Å². The maximum Gasteiger partial charge on any atom is 0.249 e. The van der Waals surface area contributed by atoms with Gasteiger partial charge in [-0.15, -0.1) is 0 Å². The summed E-state index contributed by atoms with van der Waals surface area (Å²) in [4.78, 5) is 11.3. The fraction of sp³-hybridized carbons (Fsp3) is 0.818. The molecule has 0 bridgehead atoms. The molecule has 0 aromatic heterocycles. The predicted octanol–water partition coefficient (Wildman–Crippen LogP) is 0.957. The molecular weight excluding hydrogens is 192 g/mol. The molecule has 15 heavy (non-hydrogen) atoms. The number of aliphatic hydroxyl groups is 1. The highest BCUT2D eigenvalue weighted by Gasteiger charge is 2.21. The van der Waals surface area contributed by atoms with Crippen molar-refractivity contribution in [2.24, 2.45) is 5.92 Å². The van der Waals surface area contributed by atoms with Gasteiger partial charge in [0.05, 0.1) is 6.07 Å². The van der Waals surface area contributed by atoms with Gasteiger partial charge < -0.3 is 10.4 Å². The zero-order valence-electron chi connectivity index (χ0n) is 8.91. The Balaban J connectivity index is 2.24. The molecule has 1 aliphatic rings. The van der Waals surface area contributed by atoms with Gasteiger partial charge in [0.25, 0.3) is 0 Å². The lowest BCUT2D eigenvalue weighted by Gasteiger charge is -2.23. The Morgan fingerprint density at radius 1 is 1.47 bits per heavy atom. The van der Waals surface area contributed by atoms with Crippen LogP contribution in [0.25, 0.3) is 0 Å². The third-order valence-electron chi connectivity index (χ3n) is 2.93. The Bertz CT molecular complexity index is 241. The van der Waals surface area contributed by atoms with E-state index in [1.807, 2.05) is 6.07 Å². The SMILES string of the molecule is N#CCNC(=O)C(O)CC1CCCCC1. The predicted molar refractivity (Wildman–Crippen MR) is 55.8 cm³/mol. The first-order valence-corrected chi connectivity index (χ1v) is 5.56. The Labute approximate surface area is 90.3 Å². The molecule has 84 valence electrons. The molecule has 1 fully saturated rings. The molecule has 1 rings (SSSR count). The molecule has 4 nitrogen and oxygen atoms in total. The molecule has 0 radical (unpaired) electrons. The average Bonchev–Trinajstić information content (AvgIpc) is 2.27. The van der Waals surface area contributed by atoms with E-state index in [0.717, 1.165) is 12.8 Å². The molecule has 2 N–H and O–H groups in total. The monoisotopic (exact) mass is 210 g/mol. The Morgan fingerprint density at radius 3 is 2.73 bits per heavy atom. The van der Waals surface area contributed by atoms with Gasteiger partial charge in [-0.05, 0) is 12.3 Å². The largest absolute Gasteiger partial charge is 0.383 e. The lowest BCUT2D eigenvalue weighted by molar-refractivity contribution is -0.130. The minimum absolute atomic E-state index is 0.0272. The summed E-state index contributed by atoms with van der Waals surface area (Å²) in [5, 5.41) is 20.2. The van der Waals surface area contributed by atoms with Crippen molar-refractivity contribution in [1.29, 1.82) is 5.26 Å². The summed E-state index contributed by atoms with van der Waals surface area (Å²) in [5.41, 5.74) is 0. The number of hydrogen-bond acceptors (Lipinski definition) is 3. The fourth-order valence-electron chi connectivity index (χ4n) is 2.09. The van der Waals surface area contributed by atoms with Crippen molar-refractivity contribution in [3.05, 3.63) is 0 Å². The second-order valence-electron chi connectivity index (χ2n) is 4.13. The van der Waals surface area contributed by atoms with Crippen LogP contribution in [0.2, 0.25) is 0 Å². The minimum Gasteiger partial charge on any atom is -0.383 e. The number of nitrogens with one attached hydrogen (secondary N) is 1. The zero-order valence-corrected chi connectivity index (χ0v) is 8.91. The van der Waals surface area contributed by atoms with Gasteiger partial charge in [0.1, 0.15) is 12.6 Å². The van der Waals surface area contributed by atoms with E-state index < -0.39 is 12.0 Å². The molecular formula is C11H18N2O2. The number of aliphatic hydroxyl groups excluding tert-OH is 1. The van der Waals surface area contributed by atoms with Crippen molar-refractivity contribution < 1.29 is 9.90 Å².